The quantitative estimate of drug-likeness (QED) is 0.229. The molecule has 1 aliphatic carbocycles. The topological polar surface area (TPSA) is 136 Å². The zero-order valence-electron chi connectivity index (χ0n) is 18.2. The number of fused-ring (bicyclic) bond motifs is 1. The lowest BCUT2D eigenvalue weighted by molar-refractivity contribution is -0.384. The molecule has 0 spiro atoms. The van der Waals surface area contributed by atoms with E-state index in [4.69, 9.17) is 4.74 Å². The summed E-state index contributed by atoms with van der Waals surface area (Å²) in [7, 11) is 0. The molecule has 0 bridgehead atoms. The largest absolute Gasteiger partial charge is 0.452 e. The Morgan fingerprint density at radius 3 is 2.56 bits per heavy atom. The molecule has 1 fully saturated rings. The van der Waals surface area contributed by atoms with Crippen LogP contribution in [0.15, 0.2) is 60.7 Å². The third-order valence-electron chi connectivity index (χ3n) is 5.91. The van der Waals surface area contributed by atoms with Gasteiger partial charge in [-0.05, 0) is 42.7 Å². The highest BCUT2D eigenvalue weighted by Crippen LogP contribution is 2.40. The Hall–Kier alpha value is -4.34. The van der Waals surface area contributed by atoms with Gasteiger partial charge in [-0.15, -0.1) is 0 Å². The molecule has 0 saturated carbocycles. The van der Waals surface area contributed by atoms with E-state index in [1.807, 2.05) is 19.1 Å². The predicted octanol–water partition coefficient (Wildman–Crippen LogP) is 3.09. The van der Waals surface area contributed by atoms with Crippen molar-refractivity contribution in [2.45, 2.75) is 13.3 Å². The lowest BCUT2D eigenvalue weighted by Crippen LogP contribution is -2.31. The van der Waals surface area contributed by atoms with Crippen molar-refractivity contribution in [1.29, 1.82) is 0 Å². The van der Waals surface area contributed by atoms with E-state index in [0.717, 1.165) is 0 Å². The molecule has 1 aliphatic heterocycles. The van der Waals surface area contributed by atoms with E-state index < -0.39 is 23.4 Å². The van der Waals surface area contributed by atoms with Crippen LogP contribution in [0.25, 0.3) is 0 Å². The smallest absolute Gasteiger partial charge is 0.338 e. The normalized spacial score (nSPS) is 21.2. The number of nitro benzene ring substituents is 1. The van der Waals surface area contributed by atoms with E-state index in [0.29, 0.717) is 12.1 Å². The molecule has 1 saturated heterocycles. The Kier molecular flexibility index (Phi) is 6.22. The number of nitrogens with one attached hydrogen (secondary N) is 1. The van der Waals surface area contributed by atoms with Gasteiger partial charge in [0.15, 0.2) is 6.61 Å². The second-order valence-corrected chi connectivity index (χ2v) is 8.15. The van der Waals surface area contributed by atoms with Crippen molar-refractivity contribution in [2.24, 2.45) is 17.8 Å². The van der Waals surface area contributed by atoms with E-state index >= 15 is 0 Å². The Bertz CT molecular complexity index is 1210. The molecule has 4 rings (SSSR count). The maximum Gasteiger partial charge on any atom is 0.338 e. The van der Waals surface area contributed by atoms with Gasteiger partial charge in [0.25, 0.3) is 11.6 Å². The third-order valence-corrected chi connectivity index (χ3v) is 5.91. The van der Waals surface area contributed by atoms with Gasteiger partial charge in [-0.2, -0.15) is 0 Å². The number of imide groups is 1. The summed E-state index contributed by atoms with van der Waals surface area (Å²) in [5.74, 6) is -2.72. The third kappa shape index (κ3) is 4.42. The number of hydrogen-bond donors (Lipinski definition) is 1. The summed E-state index contributed by atoms with van der Waals surface area (Å²) in [6.07, 6.45) is 4.40. The first-order valence-electron chi connectivity index (χ1n) is 10.6. The summed E-state index contributed by atoms with van der Waals surface area (Å²) in [5, 5.41) is 13.2. The van der Waals surface area contributed by atoms with Crippen LogP contribution >= 0.6 is 0 Å². The maximum atomic E-state index is 12.9. The minimum Gasteiger partial charge on any atom is -0.452 e. The van der Waals surface area contributed by atoms with Crippen LogP contribution in [0.4, 0.5) is 17.1 Å². The molecular weight excluding hydrogens is 442 g/mol. The van der Waals surface area contributed by atoms with Gasteiger partial charge in [0, 0.05) is 17.8 Å². The number of benzene rings is 2. The molecule has 34 heavy (non-hydrogen) atoms. The monoisotopic (exact) mass is 463 g/mol. The van der Waals surface area contributed by atoms with E-state index in [1.165, 1.54) is 53.4 Å². The van der Waals surface area contributed by atoms with E-state index in [-0.39, 0.29) is 46.5 Å². The van der Waals surface area contributed by atoms with Crippen molar-refractivity contribution in [3.63, 3.8) is 0 Å². The summed E-state index contributed by atoms with van der Waals surface area (Å²) in [6, 6.07) is 11.2. The zero-order valence-corrected chi connectivity index (χ0v) is 18.2. The van der Waals surface area contributed by atoms with Crippen molar-refractivity contribution < 1.29 is 28.8 Å². The Morgan fingerprint density at radius 2 is 1.88 bits per heavy atom. The lowest BCUT2D eigenvalue weighted by atomic mass is 9.78. The van der Waals surface area contributed by atoms with Crippen molar-refractivity contribution in [1.82, 2.24) is 0 Å². The van der Waals surface area contributed by atoms with Gasteiger partial charge in [-0.1, -0.05) is 25.1 Å². The SMILES string of the molecule is C[C@@H]1C=CC[C@H]2C(=O)N(c3ccc(C(=O)OCC(=O)Nc4cccc([N+](=O)[O-])c4)cc3)C(=O)[C@@H]12. The Labute approximate surface area is 194 Å². The molecule has 1 heterocycles. The van der Waals surface area contributed by atoms with Crippen LogP contribution in [0.1, 0.15) is 23.7 Å². The van der Waals surface area contributed by atoms with E-state index in [2.05, 4.69) is 5.32 Å². The van der Waals surface area contributed by atoms with Crippen molar-refractivity contribution in [2.75, 3.05) is 16.8 Å². The second-order valence-electron chi connectivity index (χ2n) is 8.15. The first kappa shape index (κ1) is 22.8. The van der Waals surface area contributed by atoms with Crippen molar-refractivity contribution in [3.8, 4) is 0 Å². The minimum atomic E-state index is -0.772. The number of nitro groups is 1. The number of carbonyl (C=O) groups excluding carboxylic acids is 4. The summed E-state index contributed by atoms with van der Waals surface area (Å²) in [4.78, 5) is 61.4. The number of non-ortho nitro benzene ring substituents is 1. The minimum absolute atomic E-state index is 0.0254. The van der Waals surface area contributed by atoms with Crippen molar-refractivity contribution in [3.05, 3.63) is 76.4 Å². The van der Waals surface area contributed by atoms with Crippen LogP contribution in [0, 0.1) is 27.9 Å². The number of nitrogens with zero attached hydrogens (tertiary/aromatic N) is 2. The van der Waals surface area contributed by atoms with Crippen LogP contribution in [-0.2, 0) is 19.1 Å². The average Bonchev–Trinajstić information content (AvgIpc) is 3.08. The number of rotatable bonds is 6. The number of anilines is 2. The van der Waals surface area contributed by atoms with Crippen LogP contribution in [0.3, 0.4) is 0 Å². The fourth-order valence-corrected chi connectivity index (χ4v) is 4.26. The number of amides is 3. The highest BCUT2D eigenvalue weighted by molar-refractivity contribution is 6.22. The molecule has 174 valence electrons. The molecule has 3 atom stereocenters. The molecule has 2 aliphatic rings. The van der Waals surface area contributed by atoms with Crippen LogP contribution in [0.5, 0.6) is 0 Å². The maximum absolute atomic E-state index is 12.9. The first-order chi connectivity index (χ1) is 16.3. The van der Waals surface area contributed by atoms with Gasteiger partial charge in [0.05, 0.1) is 28.0 Å². The van der Waals surface area contributed by atoms with Gasteiger partial charge in [0.1, 0.15) is 0 Å². The predicted molar refractivity (Wildman–Crippen MR) is 121 cm³/mol. The second kappa shape index (κ2) is 9.26. The summed E-state index contributed by atoms with van der Waals surface area (Å²) in [5.41, 5.74) is 0.523. The fraction of sp³-hybridized carbons (Fsp3) is 0.250. The van der Waals surface area contributed by atoms with E-state index in [1.54, 1.807) is 0 Å². The molecule has 2 aromatic carbocycles. The standard InChI is InChI=1S/C24H21N3O7/c1-14-4-2-7-19-21(14)23(30)26(22(19)29)17-10-8-15(9-11-17)24(31)34-13-20(28)25-16-5-3-6-18(12-16)27(32)33/h2-6,8-12,14,19,21H,7,13H2,1H3,(H,25,28)/t14-,19-,21+/m1/s1. The molecule has 0 radical (unpaired) electrons. The first-order valence-corrected chi connectivity index (χ1v) is 10.6. The number of carbonyl (C=O) groups is 4. The van der Waals surface area contributed by atoms with Gasteiger partial charge in [0.2, 0.25) is 11.8 Å². The number of allylic oxidation sites excluding steroid dienone is 2. The molecule has 0 unspecified atom stereocenters. The molecule has 2 aromatic rings. The number of ether oxygens (including phenoxy) is 1. The molecule has 1 N–H and O–H groups in total. The Morgan fingerprint density at radius 1 is 1.15 bits per heavy atom. The molecule has 3 amide bonds. The highest BCUT2D eigenvalue weighted by Gasteiger charge is 2.50. The molecule has 0 aromatic heterocycles. The molecular formula is C24H21N3O7. The summed E-state index contributed by atoms with van der Waals surface area (Å²) >= 11 is 0. The summed E-state index contributed by atoms with van der Waals surface area (Å²) in [6.45, 7) is 1.32. The zero-order chi connectivity index (χ0) is 24.4. The van der Waals surface area contributed by atoms with Crippen LogP contribution in [-0.4, -0.2) is 35.2 Å². The fourth-order valence-electron chi connectivity index (χ4n) is 4.26. The number of hydrogen-bond acceptors (Lipinski definition) is 7. The van der Waals surface area contributed by atoms with Gasteiger partial charge in [-0.25, -0.2) is 4.79 Å². The van der Waals surface area contributed by atoms with Gasteiger partial charge < -0.3 is 10.1 Å². The van der Waals surface area contributed by atoms with Crippen LogP contribution in [0.2, 0.25) is 0 Å². The van der Waals surface area contributed by atoms with Gasteiger partial charge >= 0.3 is 5.97 Å². The van der Waals surface area contributed by atoms with Gasteiger partial charge in [-0.3, -0.25) is 29.4 Å². The average molecular weight is 463 g/mol. The Balaban J connectivity index is 1.36. The molecule has 10 heteroatoms. The van der Waals surface area contributed by atoms with Crippen LogP contribution < -0.4 is 10.2 Å². The van der Waals surface area contributed by atoms with Crippen molar-refractivity contribution >= 4 is 40.8 Å². The summed E-state index contributed by atoms with van der Waals surface area (Å²) < 4.78 is 5.00. The number of esters is 1. The van der Waals surface area contributed by atoms with E-state index in [9.17, 15) is 29.3 Å². The molecule has 10 nitrogen and oxygen atoms in total. The highest BCUT2D eigenvalue weighted by atomic mass is 16.6. The lowest BCUT2D eigenvalue weighted by Gasteiger charge is -2.22.